The molecule has 1 aliphatic heterocycles. The van der Waals surface area contributed by atoms with Crippen molar-refractivity contribution >= 4 is 29.1 Å². The first-order valence-corrected chi connectivity index (χ1v) is 8.97. The van der Waals surface area contributed by atoms with Crippen LogP contribution in [0.2, 0.25) is 5.02 Å². The minimum atomic E-state index is -0.583. The van der Waals surface area contributed by atoms with Gasteiger partial charge in [0.25, 0.3) is 5.69 Å². The molecule has 0 bridgehead atoms. The first kappa shape index (κ1) is 18.6. The van der Waals surface area contributed by atoms with Crippen LogP contribution >= 0.6 is 11.6 Å². The first-order valence-electron chi connectivity index (χ1n) is 8.59. The minimum absolute atomic E-state index is 0.0246. The minimum Gasteiger partial charge on any atom is -0.366 e. The molecule has 3 N–H and O–H groups in total. The third-order valence-corrected chi connectivity index (χ3v) is 4.89. The highest BCUT2D eigenvalue weighted by atomic mass is 35.5. The molecule has 2 heterocycles. The molecule has 0 spiro atoms. The van der Waals surface area contributed by atoms with Gasteiger partial charge in [0.15, 0.2) is 5.82 Å². The van der Waals surface area contributed by atoms with E-state index in [1.54, 1.807) is 48.0 Å². The lowest BCUT2D eigenvalue weighted by Crippen LogP contribution is -2.31. The van der Waals surface area contributed by atoms with Crippen LogP contribution in [0.15, 0.2) is 59.8 Å². The predicted molar refractivity (Wildman–Crippen MR) is 107 cm³/mol. The number of carbonyl (C=O) groups excluding carboxylic acids is 1. The molecule has 0 aliphatic carbocycles. The summed E-state index contributed by atoms with van der Waals surface area (Å²) in [5.41, 5.74) is 7.93. The first-order chi connectivity index (χ1) is 13.8. The lowest BCUT2D eigenvalue weighted by molar-refractivity contribution is -0.384. The lowest BCUT2D eigenvalue weighted by atomic mass is 9.95. The zero-order valence-electron chi connectivity index (χ0n) is 15.2. The van der Waals surface area contributed by atoms with E-state index in [-0.39, 0.29) is 5.69 Å². The van der Waals surface area contributed by atoms with Crippen molar-refractivity contribution in [2.75, 3.05) is 5.32 Å². The maximum absolute atomic E-state index is 12.2. The fourth-order valence-corrected chi connectivity index (χ4v) is 3.40. The fraction of sp³-hybridized carbons (Fsp3) is 0.105. The van der Waals surface area contributed by atoms with Gasteiger partial charge >= 0.3 is 0 Å². The Morgan fingerprint density at radius 1 is 1.21 bits per heavy atom. The van der Waals surface area contributed by atoms with E-state index >= 15 is 0 Å². The zero-order valence-corrected chi connectivity index (χ0v) is 15.9. The highest BCUT2D eigenvalue weighted by Gasteiger charge is 2.33. The van der Waals surface area contributed by atoms with Crippen molar-refractivity contribution in [3.8, 4) is 11.4 Å². The number of allylic oxidation sites excluding steroid dienone is 1. The Morgan fingerprint density at radius 2 is 1.86 bits per heavy atom. The predicted octanol–water partition coefficient (Wildman–Crippen LogP) is 3.28. The summed E-state index contributed by atoms with van der Waals surface area (Å²) in [5, 5.41) is 19.0. The highest BCUT2D eigenvalue weighted by molar-refractivity contribution is 6.30. The van der Waals surface area contributed by atoms with E-state index < -0.39 is 16.9 Å². The van der Waals surface area contributed by atoms with Gasteiger partial charge in [-0.25, -0.2) is 4.68 Å². The number of rotatable bonds is 4. The van der Waals surface area contributed by atoms with Crippen molar-refractivity contribution in [1.29, 1.82) is 0 Å². The van der Waals surface area contributed by atoms with Crippen LogP contribution in [-0.4, -0.2) is 25.6 Å². The van der Waals surface area contributed by atoms with E-state index in [1.807, 2.05) is 0 Å². The fourth-order valence-electron chi connectivity index (χ4n) is 3.28. The number of nitrogens with two attached hydrogens (primary N) is 1. The van der Waals surface area contributed by atoms with E-state index in [0.717, 1.165) is 5.56 Å². The number of nitro groups is 1. The molecule has 1 unspecified atom stereocenters. The van der Waals surface area contributed by atoms with Crippen LogP contribution in [0.5, 0.6) is 0 Å². The molecule has 3 aromatic rings. The molecule has 4 rings (SSSR count). The van der Waals surface area contributed by atoms with E-state index in [9.17, 15) is 14.9 Å². The quantitative estimate of drug-likeness (QED) is 0.501. The van der Waals surface area contributed by atoms with Gasteiger partial charge in [0.05, 0.1) is 10.5 Å². The summed E-state index contributed by atoms with van der Waals surface area (Å²) in [4.78, 5) is 27.1. The number of nitrogens with one attached hydrogen (secondary N) is 1. The Kier molecular flexibility index (Phi) is 4.51. The van der Waals surface area contributed by atoms with Crippen LogP contribution in [0, 0.1) is 10.1 Å². The summed E-state index contributed by atoms with van der Waals surface area (Å²) in [7, 11) is 0. The molecule has 0 saturated heterocycles. The molecule has 0 radical (unpaired) electrons. The Balaban J connectivity index is 1.82. The number of fused-ring (bicyclic) bond motifs is 1. The normalized spacial score (nSPS) is 15.6. The number of nitrogens with zero attached hydrogens (tertiary/aromatic N) is 4. The third kappa shape index (κ3) is 3.32. The Hall–Kier alpha value is -3.72. The van der Waals surface area contributed by atoms with Crippen LogP contribution in [0.25, 0.3) is 11.4 Å². The van der Waals surface area contributed by atoms with Crippen LogP contribution in [-0.2, 0) is 4.79 Å². The molecule has 29 heavy (non-hydrogen) atoms. The number of anilines is 1. The number of hydrogen-bond donors (Lipinski definition) is 2. The average Bonchev–Trinajstić information content (AvgIpc) is 3.11. The Labute approximate surface area is 170 Å². The van der Waals surface area contributed by atoms with Crippen LogP contribution in [0.3, 0.4) is 0 Å². The topological polar surface area (TPSA) is 129 Å². The summed E-state index contributed by atoms with van der Waals surface area (Å²) in [6.45, 7) is 1.74. The van der Waals surface area contributed by atoms with Gasteiger partial charge in [-0.3, -0.25) is 14.9 Å². The van der Waals surface area contributed by atoms with Gasteiger partial charge < -0.3 is 11.1 Å². The van der Waals surface area contributed by atoms with E-state index in [1.165, 1.54) is 12.1 Å². The highest BCUT2D eigenvalue weighted by Crippen LogP contribution is 2.36. The van der Waals surface area contributed by atoms with Crippen molar-refractivity contribution in [2.45, 2.75) is 13.0 Å². The molecule has 10 heteroatoms. The molecule has 1 aromatic heterocycles. The molecule has 0 saturated carbocycles. The van der Waals surface area contributed by atoms with Gasteiger partial charge in [0.1, 0.15) is 6.04 Å². The summed E-state index contributed by atoms with van der Waals surface area (Å²) in [6, 6.07) is 12.4. The molecular formula is C19H15ClN6O3. The van der Waals surface area contributed by atoms with Crippen LogP contribution < -0.4 is 11.1 Å². The van der Waals surface area contributed by atoms with Gasteiger partial charge in [-0.2, -0.15) is 4.98 Å². The number of aromatic nitrogens is 3. The molecule has 1 aliphatic rings. The molecule has 9 nitrogen and oxygen atoms in total. The molecule has 1 amide bonds. The number of amides is 1. The van der Waals surface area contributed by atoms with Gasteiger partial charge in [-0.05, 0) is 36.8 Å². The maximum Gasteiger partial charge on any atom is 0.269 e. The molecule has 2 aromatic carbocycles. The van der Waals surface area contributed by atoms with Gasteiger partial charge in [0.2, 0.25) is 11.9 Å². The second kappa shape index (κ2) is 7.02. The van der Waals surface area contributed by atoms with E-state index in [4.69, 9.17) is 17.3 Å². The number of non-ortho nitro benzene ring substituents is 1. The summed E-state index contributed by atoms with van der Waals surface area (Å²) < 4.78 is 1.58. The van der Waals surface area contributed by atoms with Gasteiger partial charge in [-0.1, -0.05) is 23.7 Å². The smallest absolute Gasteiger partial charge is 0.269 e. The van der Waals surface area contributed by atoms with Crippen molar-refractivity contribution in [3.05, 3.63) is 80.5 Å². The standard InChI is InChI=1S/C19H15ClN6O3/c1-10-15(17(21)27)16(11-2-6-13(20)7-3-11)25-19(22-10)23-18(24-25)12-4-8-14(9-5-12)26(28)29/h2-9,16H,1H3,(H2,21,27)(H,22,23,24). The lowest BCUT2D eigenvalue weighted by Gasteiger charge is -2.27. The second-order valence-corrected chi connectivity index (χ2v) is 6.93. The summed E-state index contributed by atoms with van der Waals surface area (Å²) in [6.07, 6.45) is 0. The summed E-state index contributed by atoms with van der Waals surface area (Å²) in [5.74, 6) is 0.216. The maximum atomic E-state index is 12.2. The van der Waals surface area contributed by atoms with Crippen LogP contribution in [0.1, 0.15) is 18.5 Å². The number of halogens is 1. The molecule has 146 valence electrons. The van der Waals surface area contributed by atoms with E-state index in [2.05, 4.69) is 15.4 Å². The van der Waals surface area contributed by atoms with Crippen molar-refractivity contribution in [1.82, 2.24) is 14.8 Å². The summed E-state index contributed by atoms with van der Waals surface area (Å²) >= 11 is 6.00. The monoisotopic (exact) mass is 410 g/mol. The zero-order chi connectivity index (χ0) is 20.7. The largest absolute Gasteiger partial charge is 0.366 e. The van der Waals surface area contributed by atoms with E-state index in [0.29, 0.717) is 33.6 Å². The number of carbonyl (C=O) groups is 1. The second-order valence-electron chi connectivity index (χ2n) is 6.49. The van der Waals surface area contributed by atoms with Crippen molar-refractivity contribution < 1.29 is 9.72 Å². The number of nitro benzene ring substituents is 1. The molecule has 1 atom stereocenters. The van der Waals surface area contributed by atoms with Crippen LogP contribution in [0.4, 0.5) is 11.6 Å². The van der Waals surface area contributed by atoms with Crippen molar-refractivity contribution in [2.24, 2.45) is 5.73 Å². The van der Waals surface area contributed by atoms with Crippen molar-refractivity contribution in [3.63, 3.8) is 0 Å². The van der Waals surface area contributed by atoms with Gasteiger partial charge in [-0.15, -0.1) is 5.10 Å². The molecular weight excluding hydrogens is 396 g/mol. The number of primary amides is 1. The third-order valence-electron chi connectivity index (χ3n) is 4.64. The Bertz CT molecular complexity index is 1150. The van der Waals surface area contributed by atoms with Gasteiger partial charge in [0, 0.05) is 28.4 Å². The SMILES string of the molecule is CC1=C(C(N)=O)C(c2ccc(Cl)cc2)n2nc(-c3ccc([N+](=O)[O-])cc3)nc2N1. The number of hydrogen-bond acceptors (Lipinski definition) is 6. The number of benzene rings is 2. The molecule has 0 fully saturated rings. The Morgan fingerprint density at radius 3 is 2.45 bits per heavy atom. The average molecular weight is 411 g/mol.